The molecule has 178 valence electrons. The van der Waals surface area contributed by atoms with Crippen LogP contribution in [0.3, 0.4) is 0 Å². The van der Waals surface area contributed by atoms with Crippen molar-refractivity contribution in [1.29, 1.82) is 0 Å². The summed E-state index contributed by atoms with van der Waals surface area (Å²) in [5.41, 5.74) is 2.13. The van der Waals surface area contributed by atoms with Crippen LogP contribution >= 0.6 is 12.2 Å². The van der Waals surface area contributed by atoms with Crippen molar-refractivity contribution in [3.63, 3.8) is 0 Å². The third-order valence-corrected chi connectivity index (χ3v) is 6.20. The fourth-order valence-electron chi connectivity index (χ4n) is 4.08. The molecule has 0 bridgehead atoms. The molecule has 0 saturated carbocycles. The second-order valence-electron chi connectivity index (χ2n) is 8.12. The lowest BCUT2D eigenvalue weighted by atomic mass is 10.0. The van der Waals surface area contributed by atoms with Crippen LogP contribution in [0.5, 0.6) is 11.5 Å². The van der Waals surface area contributed by atoms with E-state index in [4.69, 9.17) is 21.7 Å². The van der Waals surface area contributed by atoms with Crippen LogP contribution in [0.15, 0.2) is 96.6 Å². The van der Waals surface area contributed by atoms with Crippen molar-refractivity contribution in [3.8, 4) is 11.5 Å². The highest BCUT2D eigenvalue weighted by molar-refractivity contribution is 7.80. The van der Waals surface area contributed by atoms with E-state index in [9.17, 15) is 9.59 Å². The largest absolute Gasteiger partial charge is 0.497 e. The maximum atomic E-state index is 13.4. The second kappa shape index (κ2) is 10.0. The highest BCUT2D eigenvalue weighted by Gasteiger charge is 2.34. The van der Waals surface area contributed by atoms with Gasteiger partial charge >= 0.3 is 0 Å². The van der Waals surface area contributed by atoms with Crippen molar-refractivity contribution in [2.45, 2.75) is 6.61 Å². The molecule has 36 heavy (non-hydrogen) atoms. The normalized spacial score (nSPS) is 14.8. The van der Waals surface area contributed by atoms with Gasteiger partial charge < -0.3 is 9.47 Å². The molecule has 0 unspecified atom stereocenters. The number of methoxy groups -OCH3 is 1. The van der Waals surface area contributed by atoms with Crippen LogP contribution in [-0.4, -0.2) is 24.0 Å². The molecule has 6 nitrogen and oxygen atoms in total. The highest BCUT2D eigenvalue weighted by Crippen LogP contribution is 2.28. The number of nitrogens with one attached hydrogen (secondary N) is 1. The average molecular weight is 495 g/mol. The molecule has 0 aromatic heterocycles. The van der Waals surface area contributed by atoms with E-state index in [1.54, 1.807) is 37.4 Å². The fraction of sp³-hybridized carbons (Fsp3) is 0.0690. The molecule has 2 amide bonds. The molecular formula is C29H22N2O4S. The van der Waals surface area contributed by atoms with E-state index < -0.39 is 11.8 Å². The van der Waals surface area contributed by atoms with Crippen LogP contribution in [0, 0.1) is 0 Å². The van der Waals surface area contributed by atoms with Gasteiger partial charge in [-0.25, -0.2) is 0 Å². The number of hydrogen-bond donors (Lipinski definition) is 1. The van der Waals surface area contributed by atoms with E-state index in [1.807, 2.05) is 42.5 Å². The van der Waals surface area contributed by atoms with Gasteiger partial charge in [0.1, 0.15) is 23.7 Å². The number of benzene rings is 4. The molecule has 4 aromatic carbocycles. The molecule has 1 aliphatic rings. The zero-order valence-corrected chi connectivity index (χ0v) is 20.2. The first-order chi connectivity index (χ1) is 17.5. The number of nitrogens with zero attached hydrogens (tertiary/aromatic N) is 1. The number of thiocarbonyl (C=S) groups is 1. The van der Waals surface area contributed by atoms with Gasteiger partial charge in [0.2, 0.25) is 0 Å². The first kappa shape index (κ1) is 23.3. The summed E-state index contributed by atoms with van der Waals surface area (Å²) in [4.78, 5) is 27.4. The van der Waals surface area contributed by atoms with Gasteiger partial charge in [-0.15, -0.1) is 0 Å². The van der Waals surface area contributed by atoms with Gasteiger partial charge in [-0.3, -0.25) is 19.8 Å². The Morgan fingerprint density at radius 3 is 2.42 bits per heavy atom. The van der Waals surface area contributed by atoms with E-state index in [-0.39, 0.29) is 10.7 Å². The number of carbonyl (C=O) groups is 2. The highest BCUT2D eigenvalue weighted by atomic mass is 32.1. The van der Waals surface area contributed by atoms with Gasteiger partial charge in [-0.2, -0.15) is 0 Å². The second-order valence-corrected chi connectivity index (χ2v) is 8.51. The summed E-state index contributed by atoms with van der Waals surface area (Å²) in [5, 5.41) is 4.88. The molecule has 1 saturated heterocycles. The first-order valence-corrected chi connectivity index (χ1v) is 11.7. The number of ether oxygens (including phenoxy) is 2. The van der Waals surface area contributed by atoms with Crippen LogP contribution in [0.25, 0.3) is 16.8 Å². The summed E-state index contributed by atoms with van der Waals surface area (Å²) in [6, 6.07) is 28.4. The van der Waals surface area contributed by atoms with Crippen LogP contribution in [0.1, 0.15) is 11.1 Å². The predicted octanol–water partition coefficient (Wildman–Crippen LogP) is 5.26. The molecule has 1 aliphatic heterocycles. The van der Waals surface area contributed by atoms with E-state index in [0.717, 1.165) is 16.3 Å². The molecule has 7 heteroatoms. The topological polar surface area (TPSA) is 67.9 Å². The van der Waals surface area contributed by atoms with Gasteiger partial charge in [0.05, 0.1) is 12.8 Å². The minimum atomic E-state index is -0.557. The van der Waals surface area contributed by atoms with Crippen molar-refractivity contribution in [2.75, 3.05) is 12.0 Å². The monoisotopic (exact) mass is 494 g/mol. The van der Waals surface area contributed by atoms with Crippen molar-refractivity contribution in [1.82, 2.24) is 5.32 Å². The van der Waals surface area contributed by atoms with E-state index >= 15 is 0 Å². The summed E-state index contributed by atoms with van der Waals surface area (Å²) < 4.78 is 11.3. The number of carbonyl (C=O) groups excluding carboxylic acids is 2. The first-order valence-electron chi connectivity index (χ1n) is 11.3. The Hall–Kier alpha value is -4.49. The summed E-state index contributed by atoms with van der Waals surface area (Å²) in [5.74, 6) is 0.130. The summed E-state index contributed by atoms with van der Waals surface area (Å²) >= 11 is 5.29. The van der Waals surface area contributed by atoms with Gasteiger partial charge in [0.15, 0.2) is 5.11 Å². The van der Waals surface area contributed by atoms with Crippen LogP contribution in [0.2, 0.25) is 0 Å². The molecule has 0 spiro atoms. The van der Waals surface area contributed by atoms with Gasteiger partial charge in [-0.1, -0.05) is 60.7 Å². The molecule has 0 aliphatic carbocycles. The van der Waals surface area contributed by atoms with E-state index in [1.165, 1.54) is 11.0 Å². The summed E-state index contributed by atoms with van der Waals surface area (Å²) in [6.07, 6.45) is 1.54. The fourth-order valence-corrected chi connectivity index (χ4v) is 4.36. The van der Waals surface area contributed by atoms with Crippen molar-refractivity contribution in [2.24, 2.45) is 0 Å². The number of amides is 2. The quantitative estimate of drug-likeness (QED) is 0.225. The molecule has 1 N–H and O–H groups in total. The Labute approximate surface area is 213 Å². The molecule has 0 radical (unpaired) electrons. The molecule has 1 fully saturated rings. The molecule has 4 aromatic rings. The average Bonchev–Trinajstić information content (AvgIpc) is 2.90. The molecular weight excluding hydrogens is 472 g/mol. The number of para-hydroxylation sites is 1. The zero-order chi connectivity index (χ0) is 25.1. The van der Waals surface area contributed by atoms with Crippen molar-refractivity contribution >= 4 is 51.7 Å². The third kappa shape index (κ3) is 4.56. The maximum Gasteiger partial charge on any atom is 0.270 e. The molecule has 5 rings (SSSR count). The Bertz CT molecular complexity index is 1510. The number of fused-ring (bicyclic) bond motifs is 1. The standard InChI is InChI=1S/C29H22N2O4S/c1-34-23-15-13-22(14-16-23)31-28(33)25(27(32)30-29(31)36)17-20-8-3-5-12-26(20)35-18-21-10-6-9-19-7-2-4-11-24(19)21/h2-17H,18H2,1H3,(H,30,32,36)/b25-17-. The smallest absolute Gasteiger partial charge is 0.270 e. The Kier molecular flexibility index (Phi) is 6.47. The summed E-state index contributed by atoms with van der Waals surface area (Å²) in [7, 11) is 1.56. The van der Waals surface area contributed by atoms with E-state index in [0.29, 0.717) is 29.4 Å². The van der Waals surface area contributed by atoms with Crippen LogP contribution < -0.4 is 19.7 Å². The Morgan fingerprint density at radius 1 is 0.889 bits per heavy atom. The van der Waals surface area contributed by atoms with E-state index in [2.05, 4.69) is 23.5 Å². The number of hydrogen-bond acceptors (Lipinski definition) is 5. The lowest BCUT2D eigenvalue weighted by molar-refractivity contribution is -0.122. The lowest BCUT2D eigenvalue weighted by Gasteiger charge is -2.29. The number of anilines is 1. The zero-order valence-electron chi connectivity index (χ0n) is 19.4. The minimum absolute atomic E-state index is 0.0211. The van der Waals surface area contributed by atoms with Crippen LogP contribution in [-0.2, 0) is 16.2 Å². The third-order valence-electron chi connectivity index (χ3n) is 5.91. The summed E-state index contributed by atoms with van der Waals surface area (Å²) in [6.45, 7) is 0.337. The van der Waals surface area contributed by atoms with Gasteiger partial charge in [0.25, 0.3) is 11.8 Å². The van der Waals surface area contributed by atoms with Crippen LogP contribution in [0.4, 0.5) is 5.69 Å². The Morgan fingerprint density at radius 2 is 1.61 bits per heavy atom. The molecule has 1 heterocycles. The Balaban J connectivity index is 1.44. The maximum absolute atomic E-state index is 13.4. The minimum Gasteiger partial charge on any atom is -0.497 e. The van der Waals surface area contributed by atoms with Gasteiger partial charge in [0, 0.05) is 5.56 Å². The van der Waals surface area contributed by atoms with Gasteiger partial charge in [-0.05, 0) is 65.0 Å². The lowest BCUT2D eigenvalue weighted by Crippen LogP contribution is -2.54. The molecule has 0 atom stereocenters. The van der Waals surface area contributed by atoms with Crippen molar-refractivity contribution in [3.05, 3.63) is 108 Å². The SMILES string of the molecule is COc1ccc(N2C(=O)/C(=C\c3ccccc3OCc3cccc4ccccc34)C(=O)NC2=S)cc1. The van der Waals surface area contributed by atoms with Crippen molar-refractivity contribution < 1.29 is 19.1 Å². The number of rotatable bonds is 6. The predicted molar refractivity (Wildman–Crippen MR) is 144 cm³/mol.